The summed E-state index contributed by atoms with van der Waals surface area (Å²) in [7, 11) is 0. The van der Waals surface area contributed by atoms with E-state index in [9.17, 15) is 4.79 Å². The summed E-state index contributed by atoms with van der Waals surface area (Å²) < 4.78 is 5.49. The van der Waals surface area contributed by atoms with Crippen molar-refractivity contribution in [2.75, 3.05) is 13.1 Å². The summed E-state index contributed by atoms with van der Waals surface area (Å²) in [5.41, 5.74) is 2.66. The lowest BCUT2D eigenvalue weighted by Gasteiger charge is -2.32. The second kappa shape index (κ2) is 8.15. The zero-order chi connectivity index (χ0) is 19.5. The number of aromatic nitrogens is 2. The number of carbonyl (C=O) groups excluding carboxylic acids is 1. The molecule has 3 aromatic rings. The zero-order valence-electron chi connectivity index (χ0n) is 15.8. The number of hydrogen-bond donors (Lipinski definition) is 0. The monoisotopic (exact) mass is 395 g/mol. The van der Waals surface area contributed by atoms with Gasteiger partial charge in [-0.2, -0.15) is 4.98 Å². The predicted molar refractivity (Wildman–Crippen MR) is 108 cm³/mol. The maximum absolute atomic E-state index is 12.8. The van der Waals surface area contributed by atoms with Crippen molar-refractivity contribution >= 4 is 17.5 Å². The summed E-state index contributed by atoms with van der Waals surface area (Å²) >= 11 is 6.20. The molecule has 1 unspecified atom stereocenters. The largest absolute Gasteiger partial charge is 0.339 e. The Bertz CT molecular complexity index is 985. The molecule has 1 atom stereocenters. The summed E-state index contributed by atoms with van der Waals surface area (Å²) in [6, 6.07) is 15.2. The Morgan fingerprint density at radius 1 is 1.21 bits per heavy atom. The minimum atomic E-state index is -0.0126. The van der Waals surface area contributed by atoms with Crippen LogP contribution in [-0.4, -0.2) is 34.0 Å². The van der Waals surface area contributed by atoms with Crippen LogP contribution in [0.4, 0.5) is 0 Å². The third-order valence-electron chi connectivity index (χ3n) is 5.23. The number of rotatable bonds is 4. The van der Waals surface area contributed by atoms with E-state index in [1.165, 1.54) is 0 Å². The molecule has 0 N–H and O–H groups in total. The lowest BCUT2D eigenvalue weighted by atomic mass is 9.94. The molecule has 144 valence electrons. The van der Waals surface area contributed by atoms with Gasteiger partial charge in [-0.25, -0.2) is 0 Å². The highest BCUT2D eigenvalue weighted by molar-refractivity contribution is 6.33. The van der Waals surface area contributed by atoms with Crippen molar-refractivity contribution in [1.82, 2.24) is 15.0 Å². The van der Waals surface area contributed by atoms with E-state index in [1.807, 2.05) is 48.2 Å². The molecule has 1 saturated heterocycles. The molecule has 1 amide bonds. The standard InChI is InChI=1S/C22H22ClN3O2/c1-15-7-2-3-9-17(15)21-24-20(28-25-21)13-16-8-6-12-26(14-16)22(27)18-10-4-5-11-19(18)23/h2-5,7,9-11,16H,6,8,12-14H2,1H3. The van der Waals surface area contributed by atoms with Gasteiger partial charge in [0.2, 0.25) is 11.7 Å². The molecule has 0 radical (unpaired) electrons. The van der Waals surface area contributed by atoms with Gasteiger partial charge in [0.05, 0.1) is 10.6 Å². The van der Waals surface area contributed by atoms with Crippen LogP contribution in [0.25, 0.3) is 11.4 Å². The predicted octanol–water partition coefficient (Wildman–Crippen LogP) is 4.79. The Morgan fingerprint density at radius 2 is 2.00 bits per heavy atom. The van der Waals surface area contributed by atoms with Gasteiger partial charge in [0, 0.05) is 25.1 Å². The van der Waals surface area contributed by atoms with Gasteiger partial charge in [-0.15, -0.1) is 0 Å². The van der Waals surface area contributed by atoms with Crippen molar-refractivity contribution in [3.05, 3.63) is 70.6 Å². The van der Waals surface area contributed by atoms with E-state index in [1.54, 1.807) is 12.1 Å². The number of hydrogen-bond acceptors (Lipinski definition) is 4. The molecule has 6 heteroatoms. The van der Waals surface area contributed by atoms with Gasteiger partial charge >= 0.3 is 0 Å². The summed E-state index contributed by atoms with van der Waals surface area (Å²) in [5, 5.41) is 4.64. The molecule has 4 rings (SSSR count). The van der Waals surface area contributed by atoms with E-state index in [-0.39, 0.29) is 5.91 Å². The van der Waals surface area contributed by atoms with Crippen LogP contribution in [0, 0.1) is 12.8 Å². The van der Waals surface area contributed by atoms with Crippen molar-refractivity contribution in [1.29, 1.82) is 0 Å². The minimum absolute atomic E-state index is 0.0126. The molecule has 0 spiro atoms. The molecule has 1 aliphatic heterocycles. The highest BCUT2D eigenvalue weighted by Crippen LogP contribution is 2.25. The summed E-state index contributed by atoms with van der Waals surface area (Å²) in [4.78, 5) is 19.3. The first-order chi connectivity index (χ1) is 13.6. The maximum atomic E-state index is 12.8. The summed E-state index contributed by atoms with van der Waals surface area (Å²) in [6.45, 7) is 3.45. The molecule has 0 saturated carbocycles. The second-order valence-corrected chi connectivity index (χ2v) is 7.68. The minimum Gasteiger partial charge on any atom is -0.339 e. The first kappa shape index (κ1) is 18.7. The van der Waals surface area contributed by atoms with Crippen LogP contribution in [0.1, 0.15) is 34.7 Å². The third-order valence-corrected chi connectivity index (χ3v) is 5.56. The Hall–Kier alpha value is -2.66. The van der Waals surface area contributed by atoms with E-state index < -0.39 is 0 Å². The van der Waals surface area contributed by atoms with E-state index in [4.69, 9.17) is 16.1 Å². The van der Waals surface area contributed by atoms with Gasteiger partial charge in [0.1, 0.15) is 0 Å². The molecule has 28 heavy (non-hydrogen) atoms. The maximum Gasteiger partial charge on any atom is 0.255 e. The molecule has 1 aromatic heterocycles. The number of aryl methyl sites for hydroxylation is 1. The third kappa shape index (κ3) is 3.94. The number of benzene rings is 2. The zero-order valence-corrected chi connectivity index (χ0v) is 16.5. The van der Waals surface area contributed by atoms with Crippen molar-refractivity contribution in [3.63, 3.8) is 0 Å². The van der Waals surface area contributed by atoms with E-state index in [2.05, 4.69) is 10.1 Å². The van der Waals surface area contributed by atoms with Crippen LogP contribution in [0.3, 0.4) is 0 Å². The fraction of sp³-hybridized carbons (Fsp3) is 0.318. The Balaban J connectivity index is 1.44. The van der Waals surface area contributed by atoms with Gasteiger partial charge in [-0.1, -0.05) is 53.2 Å². The summed E-state index contributed by atoms with van der Waals surface area (Å²) in [5.74, 6) is 1.52. The number of amides is 1. The van der Waals surface area contributed by atoms with E-state index >= 15 is 0 Å². The molecule has 2 aromatic carbocycles. The normalized spacial score (nSPS) is 16.9. The molecular weight excluding hydrogens is 374 g/mol. The Morgan fingerprint density at radius 3 is 2.82 bits per heavy atom. The molecule has 1 fully saturated rings. The van der Waals surface area contributed by atoms with Crippen LogP contribution in [0.15, 0.2) is 53.1 Å². The topological polar surface area (TPSA) is 59.2 Å². The van der Waals surface area contributed by atoms with E-state index in [0.29, 0.717) is 41.2 Å². The highest BCUT2D eigenvalue weighted by atomic mass is 35.5. The van der Waals surface area contributed by atoms with E-state index in [0.717, 1.165) is 30.5 Å². The SMILES string of the molecule is Cc1ccccc1-c1noc(CC2CCCN(C(=O)c3ccccc3Cl)C2)n1. The summed E-state index contributed by atoms with van der Waals surface area (Å²) in [6.07, 6.45) is 2.67. The van der Waals surface area contributed by atoms with Crippen LogP contribution in [0.5, 0.6) is 0 Å². The average Bonchev–Trinajstić information content (AvgIpc) is 3.16. The number of halogens is 1. The van der Waals surface area contributed by atoms with Gasteiger partial charge in [-0.3, -0.25) is 4.79 Å². The fourth-order valence-electron chi connectivity index (χ4n) is 3.74. The van der Waals surface area contributed by atoms with Crippen LogP contribution < -0.4 is 0 Å². The molecule has 0 bridgehead atoms. The van der Waals surface area contributed by atoms with Crippen LogP contribution >= 0.6 is 11.6 Å². The Kier molecular flexibility index (Phi) is 5.44. The van der Waals surface area contributed by atoms with Crippen molar-refractivity contribution in [2.24, 2.45) is 5.92 Å². The number of carbonyl (C=O) groups is 1. The van der Waals surface area contributed by atoms with Crippen molar-refractivity contribution < 1.29 is 9.32 Å². The van der Waals surface area contributed by atoms with Gasteiger partial charge in [-0.05, 0) is 43.4 Å². The van der Waals surface area contributed by atoms with Crippen LogP contribution in [-0.2, 0) is 6.42 Å². The highest BCUT2D eigenvalue weighted by Gasteiger charge is 2.27. The quantitative estimate of drug-likeness (QED) is 0.637. The number of likely N-dealkylation sites (tertiary alicyclic amines) is 1. The second-order valence-electron chi connectivity index (χ2n) is 7.27. The van der Waals surface area contributed by atoms with Crippen molar-refractivity contribution in [2.45, 2.75) is 26.2 Å². The van der Waals surface area contributed by atoms with Crippen LogP contribution in [0.2, 0.25) is 5.02 Å². The molecular formula is C22H22ClN3O2. The van der Waals surface area contributed by atoms with Gasteiger partial charge in [0.15, 0.2) is 0 Å². The van der Waals surface area contributed by atoms with Gasteiger partial charge < -0.3 is 9.42 Å². The number of piperidine rings is 1. The Labute approximate surface area is 169 Å². The molecule has 5 nitrogen and oxygen atoms in total. The lowest BCUT2D eigenvalue weighted by Crippen LogP contribution is -2.40. The smallest absolute Gasteiger partial charge is 0.255 e. The fourth-order valence-corrected chi connectivity index (χ4v) is 3.96. The number of nitrogens with zero attached hydrogens (tertiary/aromatic N) is 3. The average molecular weight is 396 g/mol. The molecule has 0 aliphatic carbocycles. The molecule has 2 heterocycles. The first-order valence-corrected chi connectivity index (χ1v) is 9.92. The molecule has 1 aliphatic rings. The van der Waals surface area contributed by atoms with Crippen molar-refractivity contribution in [3.8, 4) is 11.4 Å². The lowest BCUT2D eigenvalue weighted by molar-refractivity contribution is 0.0668. The van der Waals surface area contributed by atoms with Gasteiger partial charge in [0.25, 0.3) is 5.91 Å². The first-order valence-electron chi connectivity index (χ1n) is 9.54.